The van der Waals surface area contributed by atoms with Crippen molar-refractivity contribution in [1.29, 1.82) is 0 Å². The number of hydrogen-bond donors (Lipinski definition) is 3. The third-order valence-corrected chi connectivity index (χ3v) is 5.75. The van der Waals surface area contributed by atoms with Gasteiger partial charge in [0, 0.05) is 30.8 Å². The summed E-state index contributed by atoms with van der Waals surface area (Å²) in [4.78, 5) is 23.7. The first-order valence-electron chi connectivity index (χ1n) is 8.28. The maximum absolute atomic E-state index is 11.9. The number of carbonyl (C=O) groups excluding carboxylic acids is 2. The highest BCUT2D eigenvalue weighted by molar-refractivity contribution is 6.50. The molecule has 1 aliphatic heterocycles. The minimum absolute atomic E-state index is 0.0723. The molecule has 0 aliphatic carbocycles. The van der Waals surface area contributed by atoms with Crippen molar-refractivity contribution in [1.82, 2.24) is 16.0 Å². The van der Waals surface area contributed by atoms with Crippen LogP contribution in [0, 0.1) is 5.92 Å². The molecule has 23 heavy (non-hydrogen) atoms. The van der Waals surface area contributed by atoms with E-state index in [4.69, 9.17) is 4.43 Å². The molecule has 1 heterocycles. The molecule has 0 radical (unpaired) electrons. The molecule has 2 amide bonds. The highest BCUT2D eigenvalue weighted by Crippen LogP contribution is 2.11. The van der Waals surface area contributed by atoms with Crippen molar-refractivity contribution in [3.63, 3.8) is 0 Å². The van der Waals surface area contributed by atoms with Gasteiger partial charge < -0.3 is 15.1 Å². The second kappa shape index (κ2) is 10.2. The van der Waals surface area contributed by atoms with Crippen molar-refractivity contribution in [2.45, 2.75) is 46.2 Å². The Labute approximate surface area is 140 Å². The van der Waals surface area contributed by atoms with E-state index in [1.54, 1.807) is 6.08 Å². The van der Waals surface area contributed by atoms with Crippen LogP contribution < -0.4 is 16.0 Å². The molecule has 130 valence electrons. The van der Waals surface area contributed by atoms with Crippen molar-refractivity contribution in [2.24, 2.45) is 5.92 Å². The van der Waals surface area contributed by atoms with Gasteiger partial charge in [-0.25, -0.2) is 4.79 Å². The average Bonchev–Trinajstić information content (AvgIpc) is 2.48. The summed E-state index contributed by atoms with van der Waals surface area (Å²) in [5, 5.41) is 8.68. The largest absolute Gasteiger partial charge is 0.421 e. The second-order valence-electron chi connectivity index (χ2n) is 5.90. The Kier molecular flexibility index (Phi) is 8.64. The smallest absolute Gasteiger partial charge is 0.320 e. The van der Waals surface area contributed by atoms with Crippen LogP contribution in [-0.4, -0.2) is 34.0 Å². The van der Waals surface area contributed by atoms with Crippen LogP contribution in [0.15, 0.2) is 23.7 Å². The molecule has 0 aromatic carbocycles. The average molecular weight is 340 g/mol. The van der Waals surface area contributed by atoms with Crippen molar-refractivity contribution in [3.05, 3.63) is 23.7 Å². The van der Waals surface area contributed by atoms with Gasteiger partial charge in [0.05, 0.1) is 0 Å². The summed E-state index contributed by atoms with van der Waals surface area (Å²) in [6.45, 7) is 9.28. The van der Waals surface area contributed by atoms with E-state index < -0.39 is 9.04 Å². The van der Waals surface area contributed by atoms with Crippen LogP contribution in [0.3, 0.4) is 0 Å². The van der Waals surface area contributed by atoms with E-state index in [-0.39, 0.29) is 17.7 Å². The van der Waals surface area contributed by atoms with Gasteiger partial charge in [0.1, 0.15) is 5.82 Å². The lowest BCUT2D eigenvalue weighted by Gasteiger charge is -2.17. The van der Waals surface area contributed by atoms with Gasteiger partial charge in [-0.2, -0.15) is 0 Å². The van der Waals surface area contributed by atoms with Crippen LogP contribution in [0.2, 0.25) is 12.6 Å². The molecular weight excluding hydrogens is 310 g/mol. The monoisotopic (exact) mass is 339 g/mol. The number of carbonyl (C=O) groups is 2. The fourth-order valence-corrected chi connectivity index (χ4v) is 3.79. The summed E-state index contributed by atoms with van der Waals surface area (Å²) in [6, 6.07) is 0.818. The van der Waals surface area contributed by atoms with Crippen molar-refractivity contribution in [3.8, 4) is 0 Å². The normalized spacial score (nSPS) is 24.2. The summed E-state index contributed by atoms with van der Waals surface area (Å²) in [5.74, 6) is 0.645. The fraction of sp³-hybridized carbons (Fsp3) is 0.625. The molecule has 0 aromatic heterocycles. The van der Waals surface area contributed by atoms with E-state index >= 15 is 0 Å². The summed E-state index contributed by atoms with van der Waals surface area (Å²) >= 11 is 0. The van der Waals surface area contributed by atoms with Crippen molar-refractivity contribution < 1.29 is 14.0 Å². The molecule has 1 aliphatic rings. The third-order valence-electron chi connectivity index (χ3n) is 3.62. The first-order valence-corrected chi connectivity index (χ1v) is 10.7. The Balaban J connectivity index is 2.36. The Hall–Kier alpha value is -1.60. The topological polar surface area (TPSA) is 79.5 Å². The van der Waals surface area contributed by atoms with Gasteiger partial charge in [-0.3, -0.25) is 10.1 Å². The Morgan fingerprint density at radius 1 is 1.52 bits per heavy atom. The van der Waals surface area contributed by atoms with Crippen LogP contribution in [0.25, 0.3) is 0 Å². The number of rotatable bonds is 7. The van der Waals surface area contributed by atoms with E-state index in [2.05, 4.69) is 22.5 Å². The van der Waals surface area contributed by atoms with Gasteiger partial charge in [0.25, 0.3) is 0 Å². The number of amides is 2. The van der Waals surface area contributed by atoms with Crippen LogP contribution in [0.1, 0.15) is 33.6 Å². The lowest BCUT2D eigenvalue weighted by atomic mass is 10.0. The van der Waals surface area contributed by atoms with Gasteiger partial charge in [0.2, 0.25) is 0 Å². The molecule has 0 bridgehead atoms. The van der Waals surface area contributed by atoms with Crippen molar-refractivity contribution in [2.75, 3.05) is 13.2 Å². The van der Waals surface area contributed by atoms with Crippen LogP contribution >= 0.6 is 0 Å². The van der Waals surface area contributed by atoms with Gasteiger partial charge in [-0.05, 0) is 45.4 Å². The predicted octanol–water partition coefficient (Wildman–Crippen LogP) is 2.01. The first-order chi connectivity index (χ1) is 10.9. The van der Waals surface area contributed by atoms with Gasteiger partial charge in [0.15, 0.2) is 14.8 Å². The summed E-state index contributed by atoms with van der Waals surface area (Å²) in [5.41, 5.74) is 0.727. The van der Waals surface area contributed by atoms with Gasteiger partial charge >= 0.3 is 6.03 Å². The highest BCUT2D eigenvalue weighted by Gasteiger charge is 2.14. The molecule has 0 spiro atoms. The van der Waals surface area contributed by atoms with E-state index in [1.807, 2.05) is 26.8 Å². The number of hydrogen-bond acceptors (Lipinski definition) is 4. The number of nitrogens with one attached hydrogen (secondary N) is 3. The zero-order valence-electron chi connectivity index (χ0n) is 14.6. The van der Waals surface area contributed by atoms with Crippen molar-refractivity contribution >= 4 is 20.9 Å². The molecule has 2 atom stereocenters. The lowest BCUT2D eigenvalue weighted by Crippen LogP contribution is -2.39. The summed E-state index contributed by atoms with van der Waals surface area (Å²) < 4.78 is 5.58. The van der Waals surface area contributed by atoms with Crippen LogP contribution in [-0.2, 0) is 9.22 Å². The maximum atomic E-state index is 11.9. The van der Waals surface area contributed by atoms with Crippen LogP contribution in [0.4, 0.5) is 4.79 Å². The maximum Gasteiger partial charge on any atom is 0.320 e. The van der Waals surface area contributed by atoms with E-state index in [0.29, 0.717) is 18.8 Å². The summed E-state index contributed by atoms with van der Waals surface area (Å²) in [6.07, 6.45) is 4.96. The third kappa shape index (κ3) is 7.99. The fourth-order valence-electron chi connectivity index (χ4n) is 2.27. The predicted molar refractivity (Wildman–Crippen MR) is 94.4 cm³/mol. The number of ketones is 1. The van der Waals surface area contributed by atoms with Crippen LogP contribution in [0.5, 0.6) is 0 Å². The highest BCUT2D eigenvalue weighted by atomic mass is 28.3. The minimum atomic E-state index is -1.07. The number of allylic oxidation sites excluding steroid dienone is 3. The molecule has 3 N–H and O–H groups in total. The lowest BCUT2D eigenvalue weighted by molar-refractivity contribution is -0.117. The standard InChI is InChI=1S/C16H29N3O3Si/c1-5-22-23(4)10-6-9-17-16(21)19-15-8-7-12(2)14(20)11-13(3)18-15/h8,11-12,18,23H,5-7,9-10H2,1-4H3,(H2,17,19,21)/b13-11-,15-8-. The second-order valence-corrected chi connectivity index (χ2v) is 8.43. The molecule has 2 unspecified atom stereocenters. The Morgan fingerprint density at radius 2 is 2.26 bits per heavy atom. The SMILES string of the molecule is CCO[SiH](C)CCCNC(=O)N/C1=C\CC(C)C(=O)/C=C(/C)N1. The molecule has 0 fully saturated rings. The molecule has 7 heteroatoms. The molecule has 0 aromatic rings. The molecule has 0 saturated carbocycles. The number of urea groups is 1. The van der Waals surface area contributed by atoms with Gasteiger partial charge in [-0.15, -0.1) is 0 Å². The Morgan fingerprint density at radius 3 is 2.96 bits per heavy atom. The molecule has 1 rings (SSSR count). The minimum Gasteiger partial charge on any atom is -0.421 e. The molecule has 6 nitrogen and oxygen atoms in total. The molecular formula is C16H29N3O3Si. The molecule has 0 saturated heterocycles. The zero-order chi connectivity index (χ0) is 17.2. The van der Waals surface area contributed by atoms with E-state index in [9.17, 15) is 9.59 Å². The Bertz CT molecular complexity index is 477. The van der Waals surface area contributed by atoms with Gasteiger partial charge in [-0.1, -0.05) is 6.92 Å². The quantitative estimate of drug-likeness (QED) is 0.490. The first kappa shape index (κ1) is 19.4. The zero-order valence-corrected chi connectivity index (χ0v) is 15.7. The van der Waals surface area contributed by atoms with E-state index in [0.717, 1.165) is 24.8 Å². The summed E-state index contributed by atoms with van der Waals surface area (Å²) in [7, 11) is -1.07. The van der Waals surface area contributed by atoms with E-state index in [1.165, 1.54) is 0 Å².